The van der Waals surface area contributed by atoms with E-state index in [0.717, 1.165) is 11.3 Å². The summed E-state index contributed by atoms with van der Waals surface area (Å²) in [6, 6.07) is 13.4. The molecule has 2 amide bonds. The number of ether oxygens (including phenoxy) is 1. The Hall–Kier alpha value is -2.29. The Labute approximate surface area is 182 Å². The fourth-order valence-electron chi connectivity index (χ4n) is 3.31. The van der Waals surface area contributed by atoms with Crippen LogP contribution in [0.3, 0.4) is 0 Å². The maximum atomic E-state index is 12.8. The number of carbonyl (C=O) groups is 1. The minimum absolute atomic E-state index is 0.163. The molecule has 9 heteroatoms. The molecule has 1 heterocycles. The summed E-state index contributed by atoms with van der Waals surface area (Å²) >= 11 is 5.93. The van der Waals surface area contributed by atoms with Gasteiger partial charge in [-0.1, -0.05) is 29.8 Å². The lowest BCUT2D eigenvalue weighted by molar-refractivity contribution is 0.169. The van der Waals surface area contributed by atoms with Crippen molar-refractivity contribution >= 4 is 27.7 Å². The van der Waals surface area contributed by atoms with Crippen LogP contribution in [0, 0.1) is 0 Å². The molecule has 1 unspecified atom stereocenters. The summed E-state index contributed by atoms with van der Waals surface area (Å²) in [6.45, 7) is 5.50. The summed E-state index contributed by atoms with van der Waals surface area (Å²) in [5.41, 5.74) is 0.941. The zero-order chi connectivity index (χ0) is 21.7. The molecule has 1 aliphatic rings. The molecule has 1 fully saturated rings. The Morgan fingerprint density at radius 3 is 2.50 bits per heavy atom. The molecule has 2 aromatic carbocycles. The molecular weight excluding hydrogens is 426 g/mol. The third-order valence-electron chi connectivity index (χ3n) is 4.97. The summed E-state index contributed by atoms with van der Waals surface area (Å²) in [4.78, 5) is 14.5. The van der Waals surface area contributed by atoms with E-state index in [0.29, 0.717) is 24.7 Å². The van der Waals surface area contributed by atoms with Gasteiger partial charge >= 0.3 is 6.03 Å². The molecule has 0 saturated carbocycles. The quantitative estimate of drug-likeness (QED) is 0.728. The summed E-state index contributed by atoms with van der Waals surface area (Å²) < 4.78 is 32.5. The second-order valence-electron chi connectivity index (χ2n) is 7.03. The van der Waals surface area contributed by atoms with Crippen molar-refractivity contribution in [3.8, 4) is 5.75 Å². The number of amides is 2. The van der Waals surface area contributed by atoms with Crippen molar-refractivity contribution in [2.24, 2.45) is 0 Å². The maximum absolute atomic E-state index is 12.8. The van der Waals surface area contributed by atoms with Crippen molar-refractivity contribution in [2.45, 2.75) is 24.8 Å². The van der Waals surface area contributed by atoms with Crippen LogP contribution >= 0.6 is 11.6 Å². The molecule has 0 aliphatic carbocycles. The average Bonchev–Trinajstić information content (AvgIpc) is 2.74. The Bertz CT molecular complexity index is 991. The van der Waals surface area contributed by atoms with Crippen LogP contribution in [-0.4, -0.2) is 56.4 Å². The largest absolute Gasteiger partial charge is 0.494 e. The van der Waals surface area contributed by atoms with Gasteiger partial charge in [0.2, 0.25) is 10.0 Å². The zero-order valence-corrected chi connectivity index (χ0v) is 18.6. The molecule has 2 aromatic rings. The molecule has 3 rings (SSSR count). The molecule has 0 spiro atoms. The number of piperazine rings is 1. The molecule has 1 aliphatic heterocycles. The van der Waals surface area contributed by atoms with Crippen LogP contribution in [0.25, 0.3) is 0 Å². The van der Waals surface area contributed by atoms with Gasteiger partial charge in [0.1, 0.15) is 5.75 Å². The van der Waals surface area contributed by atoms with Gasteiger partial charge in [0, 0.05) is 31.2 Å². The van der Waals surface area contributed by atoms with Gasteiger partial charge in [-0.2, -0.15) is 4.31 Å². The molecule has 0 aromatic heterocycles. The maximum Gasteiger partial charge on any atom is 0.317 e. The first-order chi connectivity index (χ1) is 14.3. The van der Waals surface area contributed by atoms with Crippen LogP contribution in [0.15, 0.2) is 53.4 Å². The first-order valence-electron chi connectivity index (χ1n) is 9.85. The highest BCUT2D eigenvalue weighted by molar-refractivity contribution is 7.89. The van der Waals surface area contributed by atoms with Crippen LogP contribution in [0.5, 0.6) is 5.75 Å². The summed E-state index contributed by atoms with van der Waals surface area (Å²) in [5.74, 6) is 0.760. The molecule has 30 heavy (non-hydrogen) atoms. The van der Waals surface area contributed by atoms with E-state index < -0.39 is 10.0 Å². The molecular formula is C21H26ClN3O4S. The van der Waals surface area contributed by atoms with E-state index in [9.17, 15) is 13.2 Å². The van der Waals surface area contributed by atoms with Crippen molar-refractivity contribution < 1.29 is 17.9 Å². The topological polar surface area (TPSA) is 79.0 Å². The van der Waals surface area contributed by atoms with Crippen LogP contribution in [-0.2, 0) is 10.0 Å². The van der Waals surface area contributed by atoms with Crippen molar-refractivity contribution in [1.29, 1.82) is 0 Å². The van der Waals surface area contributed by atoms with Gasteiger partial charge in [0.25, 0.3) is 0 Å². The molecule has 162 valence electrons. The highest BCUT2D eigenvalue weighted by Gasteiger charge is 2.30. The Kier molecular flexibility index (Phi) is 7.23. The monoisotopic (exact) mass is 451 g/mol. The normalized spacial score (nSPS) is 16.2. The molecule has 7 nitrogen and oxygen atoms in total. The number of halogens is 1. The minimum Gasteiger partial charge on any atom is -0.494 e. The lowest BCUT2D eigenvalue weighted by atomic mass is 10.1. The van der Waals surface area contributed by atoms with Crippen molar-refractivity contribution in [3.05, 3.63) is 59.1 Å². The number of nitrogens with zero attached hydrogens (tertiary/aromatic N) is 2. The number of hydrogen-bond donors (Lipinski definition) is 1. The van der Waals surface area contributed by atoms with Crippen LogP contribution in [0.1, 0.15) is 25.5 Å². The number of sulfonamides is 1. The van der Waals surface area contributed by atoms with Gasteiger partial charge in [0.05, 0.1) is 17.5 Å². The van der Waals surface area contributed by atoms with Crippen molar-refractivity contribution in [1.82, 2.24) is 14.5 Å². The van der Waals surface area contributed by atoms with E-state index in [1.807, 2.05) is 38.1 Å². The van der Waals surface area contributed by atoms with Gasteiger partial charge in [-0.15, -0.1) is 0 Å². The highest BCUT2D eigenvalue weighted by Crippen LogP contribution is 2.22. The minimum atomic E-state index is -3.63. The lowest BCUT2D eigenvalue weighted by Crippen LogP contribution is -2.53. The first kappa shape index (κ1) is 22.4. The van der Waals surface area contributed by atoms with E-state index in [1.165, 1.54) is 16.4 Å². The second kappa shape index (κ2) is 9.68. The number of nitrogens with one attached hydrogen (secondary N) is 1. The third kappa shape index (κ3) is 5.24. The molecule has 0 bridgehead atoms. The second-order valence-corrected chi connectivity index (χ2v) is 9.40. The van der Waals surface area contributed by atoms with Crippen LogP contribution < -0.4 is 10.1 Å². The fourth-order valence-corrected chi connectivity index (χ4v) is 5.03. The van der Waals surface area contributed by atoms with E-state index in [4.69, 9.17) is 16.3 Å². The SMILES string of the molecule is CCOc1cccc(C(C)NC(=O)N2CCN(S(=O)(=O)c3cccc(Cl)c3)CC2)c1. The van der Waals surface area contributed by atoms with E-state index >= 15 is 0 Å². The molecule has 1 N–H and O–H groups in total. The predicted octanol–water partition coefficient (Wildman–Crippen LogP) is 3.52. The predicted molar refractivity (Wildman–Crippen MR) is 116 cm³/mol. The third-order valence-corrected chi connectivity index (χ3v) is 7.10. The van der Waals surface area contributed by atoms with Gasteiger partial charge in [-0.05, 0) is 49.7 Å². The van der Waals surface area contributed by atoms with Crippen LogP contribution in [0.4, 0.5) is 4.79 Å². The Morgan fingerprint density at radius 1 is 1.13 bits per heavy atom. The molecule has 1 saturated heterocycles. The number of rotatable bonds is 6. The highest BCUT2D eigenvalue weighted by atomic mass is 35.5. The molecule has 0 radical (unpaired) electrons. The van der Waals surface area contributed by atoms with Gasteiger partial charge in [-0.3, -0.25) is 0 Å². The van der Waals surface area contributed by atoms with Crippen molar-refractivity contribution in [2.75, 3.05) is 32.8 Å². The van der Waals surface area contributed by atoms with E-state index in [1.54, 1.807) is 17.0 Å². The number of hydrogen-bond acceptors (Lipinski definition) is 4. The fraction of sp³-hybridized carbons (Fsp3) is 0.381. The van der Waals surface area contributed by atoms with Crippen LogP contribution in [0.2, 0.25) is 5.02 Å². The standard InChI is InChI=1S/C21H26ClN3O4S/c1-3-29-19-8-4-6-17(14-19)16(2)23-21(26)24-10-12-25(13-11-24)30(27,28)20-9-5-7-18(22)15-20/h4-9,14-16H,3,10-13H2,1-2H3,(H,23,26). The first-order valence-corrected chi connectivity index (χ1v) is 11.7. The summed E-state index contributed by atoms with van der Waals surface area (Å²) in [5, 5.41) is 3.35. The summed E-state index contributed by atoms with van der Waals surface area (Å²) in [7, 11) is -3.63. The number of benzene rings is 2. The van der Waals surface area contributed by atoms with Crippen molar-refractivity contribution in [3.63, 3.8) is 0 Å². The van der Waals surface area contributed by atoms with Gasteiger partial charge in [0.15, 0.2) is 0 Å². The lowest BCUT2D eigenvalue weighted by Gasteiger charge is -2.34. The van der Waals surface area contributed by atoms with Gasteiger partial charge < -0.3 is 15.0 Å². The summed E-state index contributed by atoms with van der Waals surface area (Å²) in [6.07, 6.45) is 0. The van der Waals surface area contributed by atoms with Gasteiger partial charge in [-0.25, -0.2) is 13.2 Å². The van der Waals surface area contributed by atoms with E-state index in [-0.39, 0.29) is 30.1 Å². The smallest absolute Gasteiger partial charge is 0.317 e. The number of carbonyl (C=O) groups excluding carboxylic acids is 1. The zero-order valence-electron chi connectivity index (χ0n) is 17.0. The average molecular weight is 452 g/mol. The Balaban J connectivity index is 1.58. The number of urea groups is 1. The molecule has 1 atom stereocenters. The van der Waals surface area contributed by atoms with E-state index in [2.05, 4.69) is 5.32 Å². The Morgan fingerprint density at radius 2 is 1.83 bits per heavy atom.